The molecule has 0 amide bonds. The van der Waals surface area contributed by atoms with Gasteiger partial charge in [0.15, 0.2) is 0 Å². The van der Waals surface area contributed by atoms with Gasteiger partial charge in [-0.25, -0.2) is 0 Å². The molecule has 60 valence electrons. The van der Waals surface area contributed by atoms with Crippen molar-refractivity contribution in [1.29, 1.82) is 0 Å². The van der Waals surface area contributed by atoms with Gasteiger partial charge in [0.05, 0.1) is 6.26 Å². The summed E-state index contributed by atoms with van der Waals surface area (Å²) in [5.41, 5.74) is 5.52. The van der Waals surface area contributed by atoms with Gasteiger partial charge < -0.3 is 15.9 Å². The van der Waals surface area contributed by atoms with Crippen LogP contribution in [0.2, 0.25) is 0 Å². The van der Waals surface area contributed by atoms with E-state index >= 15 is 0 Å². The topological polar surface area (TPSA) is 66.5 Å². The Morgan fingerprint density at radius 2 is 2.45 bits per heavy atom. The second-order valence-electron chi connectivity index (χ2n) is 2.01. The van der Waals surface area contributed by atoms with Crippen LogP contribution in [0.25, 0.3) is 5.57 Å². The molecule has 0 bridgehead atoms. The van der Waals surface area contributed by atoms with E-state index in [1.807, 2.05) is 11.4 Å². The van der Waals surface area contributed by atoms with Gasteiger partial charge in [-0.05, 0) is 11.4 Å². The molecule has 0 aliphatic heterocycles. The van der Waals surface area contributed by atoms with Gasteiger partial charge in [-0.2, -0.15) is 0 Å². The molecule has 0 saturated heterocycles. The minimum atomic E-state index is -1.11. The SMILES string of the molecule is N[C@H](O)/C(=C/O)c1cccs1. The third kappa shape index (κ3) is 1.80. The molecule has 4 heteroatoms. The summed E-state index contributed by atoms with van der Waals surface area (Å²) in [5, 5.41) is 19.5. The second kappa shape index (κ2) is 3.52. The smallest absolute Gasteiger partial charge is 0.132 e. The van der Waals surface area contributed by atoms with Crippen molar-refractivity contribution >= 4 is 16.9 Å². The summed E-state index contributed by atoms with van der Waals surface area (Å²) in [7, 11) is 0. The molecular formula is C7H9NO2S. The summed E-state index contributed by atoms with van der Waals surface area (Å²) in [6.07, 6.45) is -0.283. The predicted octanol–water partition coefficient (Wildman–Crippen LogP) is 0.924. The first-order valence-electron chi connectivity index (χ1n) is 3.07. The van der Waals surface area contributed by atoms with Crippen molar-refractivity contribution in [3.05, 3.63) is 28.7 Å². The fourth-order valence-corrected chi connectivity index (χ4v) is 1.50. The minimum absolute atomic E-state index is 0.347. The van der Waals surface area contributed by atoms with Gasteiger partial charge in [-0.1, -0.05) is 6.07 Å². The highest BCUT2D eigenvalue weighted by atomic mass is 32.1. The zero-order valence-corrected chi connectivity index (χ0v) is 6.58. The highest BCUT2D eigenvalue weighted by molar-refractivity contribution is 7.11. The molecule has 1 aromatic rings. The molecule has 0 aromatic carbocycles. The fraction of sp³-hybridized carbons (Fsp3) is 0.143. The Kier molecular flexibility index (Phi) is 2.64. The van der Waals surface area contributed by atoms with E-state index in [0.717, 1.165) is 11.1 Å². The summed E-state index contributed by atoms with van der Waals surface area (Å²) in [6.45, 7) is 0. The molecule has 0 aliphatic rings. The third-order valence-corrected chi connectivity index (χ3v) is 2.18. The van der Waals surface area contributed by atoms with Gasteiger partial charge in [-0.3, -0.25) is 0 Å². The maximum absolute atomic E-state index is 8.94. The first kappa shape index (κ1) is 8.26. The predicted molar refractivity (Wildman–Crippen MR) is 45.1 cm³/mol. The summed E-state index contributed by atoms with van der Waals surface area (Å²) in [4.78, 5) is 0.780. The molecule has 1 rings (SSSR count). The Balaban J connectivity index is 2.90. The van der Waals surface area contributed by atoms with Gasteiger partial charge in [-0.15, -0.1) is 11.3 Å². The minimum Gasteiger partial charge on any atom is -0.515 e. The third-order valence-electron chi connectivity index (χ3n) is 1.26. The van der Waals surface area contributed by atoms with Crippen LogP contribution >= 0.6 is 11.3 Å². The van der Waals surface area contributed by atoms with Crippen LogP contribution in [0.4, 0.5) is 0 Å². The van der Waals surface area contributed by atoms with Crippen LogP contribution in [0.1, 0.15) is 4.88 Å². The summed E-state index contributed by atoms with van der Waals surface area (Å²) in [6, 6.07) is 3.61. The van der Waals surface area contributed by atoms with Gasteiger partial charge in [0.1, 0.15) is 6.23 Å². The Morgan fingerprint density at radius 1 is 1.73 bits per heavy atom. The number of nitrogens with two attached hydrogens (primary N) is 1. The number of rotatable bonds is 2. The molecule has 1 aromatic heterocycles. The van der Waals surface area contributed by atoms with Crippen molar-refractivity contribution in [1.82, 2.24) is 0 Å². The average molecular weight is 171 g/mol. The van der Waals surface area contributed by atoms with Crippen LogP contribution in [-0.4, -0.2) is 16.4 Å². The zero-order chi connectivity index (χ0) is 8.27. The summed E-state index contributed by atoms with van der Waals surface area (Å²) in [5.74, 6) is 0. The maximum Gasteiger partial charge on any atom is 0.132 e. The molecule has 0 unspecified atom stereocenters. The lowest BCUT2D eigenvalue weighted by Crippen LogP contribution is -2.20. The van der Waals surface area contributed by atoms with Gasteiger partial charge in [0.25, 0.3) is 0 Å². The van der Waals surface area contributed by atoms with Crippen LogP contribution in [0.15, 0.2) is 23.8 Å². The molecule has 1 heterocycles. The van der Waals surface area contributed by atoms with Crippen LogP contribution in [0.3, 0.4) is 0 Å². The maximum atomic E-state index is 8.94. The number of hydrogen-bond acceptors (Lipinski definition) is 4. The number of aliphatic hydroxyl groups is 2. The molecule has 0 spiro atoms. The lowest BCUT2D eigenvalue weighted by Gasteiger charge is -2.05. The lowest BCUT2D eigenvalue weighted by molar-refractivity contribution is 0.238. The van der Waals surface area contributed by atoms with Crippen LogP contribution in [0, 0.1) is 0 Å². The molecule has 11 heavy (non-hydrogen) atoms. The Hall–Kier alpha value is -0.840. The second-order valence-corrected chi connectivity index (χ2v) is 2.95. The van der Waals surface area contributed by atoms with E-state index in [4.69, 9.17) is 15.9 Å². The standard InChI is InChI=1S/C7H9NO2S/c8-7(10)5(4-9)6-2-1-3-11-6/h1-4,7,9-10H,8H2/b5-4+/t7-/m1/s1. The molecule has 3 nitrogen and oxygen atoms in total. The first-order valence-corrected chi connectivity index (χ1v) is 3.95. The molecule has 0 radical (unpaired) electrons. The summed E-state index contributed by atoms with van der Waals surface area (Å²) < 4.78 is 0. The van der Waals surface area contributed by atoms with Crippen molar-refractivity contribution in [3.8, 4) is 0 Å². The highest BCUT2D eigenvalue weighted by Crippen LogP contribution is 2.20. The lowest BCUT2D eigenvalue weighted by atomic mass is 10.2. The molecule has 0 saturated carbocycles. The quantitative estimate of drug-likeness (QED) is 0.458. The largest absolute Gasteiger partial charge is 0.515 e. The van der Waals surface area contributed by atoms with Crippen LogP contribution in [-0.2, 0) is 0 Å². The summed E-state index contributed by atoms with van der Waals surface area (Å²) >= 11 is 1.42. The van der Waals surface area contributed by atoms with E-state index in [9.17, 15) is 0 Å². The van der Waals surface area contributed by atoms with E-state index < -0.39 is 6.23 Å². The highest BCUT2D eigenvalue weighted by Gasteiger charge is 2.08. The van der Waals surface area contributed by atoms with E-state index in [1.54, 1.807) is 6.07 Å². The number of hydrogen-bond donors (Lipinski definition) is 3. The van der Waals surface area contributed by atoms with Crippen molar-refractivity contribution in [2.45, 2.75) is 6.23 Å². The van der Waals surface area contributed by atoms with Crippen LogP contribution in [0.5, 0.6) is 0 Å². The van der Waals surface area contributed by atoms with Gasteiger partial charge >= 0.3 is 0 Å². The van der Waals surface area contributed by atoms with E-state index in [-0.39, 0.29) is 0 Å². The van der Waals surface area contributed by atoms with Crippen LogP contribution < -0.4 is 5.73 Å². The molecule has 0 aliphatic carbocycles. The zero-order valence-electron chi connectivity index (χ0n) is 5.77. The average Bonchev–Trinajstić information content (AvgIpc) is 2.40. The Bertz CT molecular complexity index is 241. The van der Waals surface area contributed by atoms with Crippen molar-refractivity contribution in [2.75, 3.05) is 0 Å². The fourth-order valence-electron chi connectivity index (χ4n) is 0.729. The van der Waals surface area contributed by atoms with E-state index in [0.29, 0.717) is 5.57 Å². The molecule has 4 N–H and O–H groups in total. The molecule has 1 atom stereocenters. The van der Waals surface area contributed by atoms with Gasteiger partial charge in [0.2, 0.25) is 0 Å². The van der Waals surface area contributed by atoms with Crippen molar-refractivity contribution in [2.24, 2.45) is 5.73 Å². The molecular weight excluding hydrogens is 162 g/mol. The van der Waals surface area contributed by atoms with E-state index in [2.05, 4.69) is 0 Å². The molecule has 0 fully saturated rings. The van der Waals surface area contributed by atoms with Crippen molar-refractivity contribution < 1.29 is 10.2 Å². The first-order chi connectivity index (χ1) is 5.25. The Morgan fingerprint density at radius 3 is 2.82 bits per heavy atom. The number of aliphatic hydroxyl groups excluding tert-OH is 2. The monoisotopic (exact) mass is 171 g/mol. The normalized spacial score (nSPS) is 14.9. The van der Waals surface area contributed by atoms with Gasteiger partial charge in [0, 0.05) is 10.5 Å². The Labute approximate surface area is 68.4 Å². The van der Waals surface area contributed by atoms with Crippen molar-refractivity contribution in [3.63, 3.8) is 0 Å². The van der Waals surface area contributed by atoms with E-state index in [1.165, 1.54) is 11.3 Å². The number of thiophene rings is 1.